The minimum Gasteiger partial charge on any atom is -0.340 e. The van der Waals surface area contributed by atoms with Crippen LogP contribution in [0.15, 0.2) is 29.1 Å². The minimum absolute atomic E-state index is 0.0858. The number of aromatic nitrogens is 2. The van der Waals surface area contributed by atoms with Crippen LogP contribution in [0.5, 0.6) is 0 Å². The third-order valence-corrected chi connectivity index (χ3v) is 4.83. The van der Waals surface area contributed by atoms with E-state index in [1.165, 1.54) is 18.4 Å². The molecule has 0 aliphatic carbocycles. The lowest BCUT2D eigenvalue weighted by atomic mass is 9.97. The Morgan fingerprint density at radius 1 is 1.55 bits per heavy atom. The molecular weight excluding hydrogens is 296 g/mol. The molecule has 1 fully saturated rings. The van der Waals surface area contributed by atoms with Crippen LogP contribution in [0.1, 0.15) is 30.0 Å². The van der Waals surface area contributed by atoms with E-state index < -0.39 is 0 Å². The van der Waals surface area contributed by atoms with E-state index in [-0.39, 0.29) is 5.91 Å². The Hall–Kier alpha value is -1.66. The van der Waals surface area contributed by atoms with Crippen LogP contribution in [-0.4, -0.2) is 40.7 Å². The Bertz CT molecular complexity index is 601. The van der Waals surface area contributed by atoms with Crippen molar-refractivity contribution in [3.8, 4) is 0 Å². The number of piperidine rings is 1. The summed E-state index contributed by atoms with van der Waals surface area (Å²) in [6, 6.07) is 4.10. The number of nitrogens with one attached hydrogen (secondary N) is 1. The van der Waals surface area contributed by atoms with Crippen LogP contribution in [0.2, 0.25) is 0 Å². The third kappa shape index (κ3) is 3.75. The van der Waals surface area contributed by atoms with Crippen LogP contribution in [0.3, 0.4) is 0 Å². The fourth-order valence-electron chi connectivity index (χ4n) is 2.79. The van der Waals surface area contributed by atoms with E-state index in [1.54, 1.807) is 20.9 Å². The summed E-state index contributed by atoms with van der Waals surface area (Å²) < 4.78 is 1.76. The average molecular weight is 318 g/mol. The lowest BCUT2D eigenvalue weighted by Gasteiger charge is -2.20. The molecule has 1 aliphatic heterocycles. The van der Waals surface area contributed by atoms with Crippen molar-refractivity contribution in [3.63, 3.8) is 0 Å². The van der Waals surface area contributed by atoms with Crippen molar-refractivity contribution >= 4 is 17.2 Å². The van der Waals surface area contributed by atoms with Gasteiger partial charge in [-0.25, -0.2) is 0 Å². The molecule has 0 spiro atoms. The van der Waals surface area contributed by atoms with Gasteiger partial charge in [-0.1, -0.05) is 0 Å². The maximum absolute atomic E-state index is 12.3. The smallest absolute Gasteiger partial charge is 0.244 e. The molecular formula is C16H22N4OS. The summed E-state index contributed by atoms with van der Waals surface area (Å²) in [5, 5.41) is 12.1. The van der Waals surface area contributed by atoms with Crippen molar-refractivity contribution in [2.45, 2.75) is 31.8 Å². The highest BCUT2D eigenvalue weighted by Crippen LogP contribution is 2.21. The van der Waals surface area contributed by atoms with E-state index >= 15 is 0 Å². The van der Waals surface area contributed by atoms with Crippen molar-refractivity contribution in [1.29, 1.82) is 0 Å². The number of thiophene rings is 1. The first kappa shape index (κ1) is 15.2. The van der Waals surface area contributed by atoms with Gasteiger partial charge in [0.2, 0.25) is 5.91 Å². The van der Waals surface area contributed by atoms with Crippen molar-refractivity contribution in [1.82, 2.24) is 20.0 Å². The number of nitrogens with zero attached hydrogens (tertiary/aromatic N) is 3. The molecule has 118 valence electrons. The Morgan fingerprint density at radius 2 is 2.45 bits per heavy atom. The third-order valence-electron chi connectivity index (χ3n) is 4.10. The second-order valence-electron chi connectivity index (χ2n) is 5.86. The first-order valence-corrected chi connectivity index (χ1v) is 8.66. The Labute approximate surface area is 134 Å². The number of carbonyl (C=O) groups excluding carboxylic acids is 1. The second kappa shape index (κ2) is 7.07. The lowest BCUT2D eigenvalue weighted by molar-refractivity contribution is -0.131. The van der Waals surface area contributed by atoms with Crippen molar-refractivity contribution in [3.05, 3.63) is 40.3 Å². The monoisotopic (exact) mass is 318 g/mol. The number of carbonyl (C=O) groups is 1. The standard InChI is InChI=1S/C16H22N4OS/c1-19(10-13-5-8-22-12-13)16(21)11-20-7-4-15(18-20)14-3-2-6-17-9-14/h4-5,7-8,12,14,17H,2-3,6,9-11H2,1H3. The highest BCUT2D eigenvalue weighted by atomic mass is 32.1. The lowest BCUT2D eigenvalue weighted by Crippen LogP contribution is -2.30. The number of likely N-dealkylation sites (N-methyl/N-ethyl adjacent to an activating group) is 1. The average Bonchev–Trinajstić information content (AvgIpc) is 3.20. The Balaban J connectivity index is 1.56. The first-order chi connectivity index (χ1) is 10.7. The van der Waals surface area contributed by atoms with Crippen LogP contribution in [0.25, 0.3) is 0 Å². The van der Waals surface area contributed by atoms with Crippen molar-refractivity contribution in [2.75, 3.05) is 20.1 Å². The SMILES string of the molecule is CN(Cc1ccsc1)C(=O)Cn1ccc(C2CCCNC2)n1. The summed E-state index contributed by atoms with van der Waals surface area (Å²) >= 11 is 1.65. The molecule has 2 aromatic heterocycles. The molecule has 6 heteroatoms. The van der Waals surface area contributed by atoms with Gasteiger partial charge in [0.05, 0.1) is 5.69 Å². The topological polar surface area (TPSA) is 50.2 Å². The molecule has 1 saturated heterocycles. The molecule has 0 aromatic carbocycles. The van der Waals surface area contributed by atoms with Crippen LogP contribution < -0.4 is 5.32 Å². The highest BCUT2D eigenvalue weighted by molar-refractivity contribution is 7.07. The van der Waals surface area contributed by atoms with Crippen LogP contribution in [0.4, 0.5) is 0 Å². The number of hydrogen-bond donors (Lipinski definition) is 1. The highest BCUT2D eigenvalue weighted by Gasteiger charge is 2.18. The molecule has 3 rings (SSSR count). The van der Waals surface area contributed by atoms with Gasteiger partial charge >= 0.3 is 0 Å². The summed E-state index contributed by atoms with van der Waals surface area (Å²) in [4.78, 5) is 14.0. The van der Waals surface area contributed by atoms with Gasteiger partial charge in [0.1, 0.15) is 6.54 Å². The van der Waals surface area contributed by atoms with E-state index in [1.807, 2.05) is 24.7 Å². The van der Waals surface area contributed by atoms with Crippen LogP contribution in [0, 0.1) is 0 Å². The summed E-state index contributed by atoms with van der Waals surface area (Å²) in [6.45, 7) is 3.05. The van der Waals surface area contributed by atoms with Crippen LogP contribution in [-0.2, 0) is 17.9 Å². The summed E-state index contributed by atoms with van der Waals surface area (Å²) in [7, 11) is 1.84. The normalized spacial score (nSPS) is 18.3. The van der Waals surface area contributed by atoms with Gasteiger partial charge in [-0.15, -0.1) is 0 Å². The van der Waals surface area contributed by atoms with Crippen LogP contribution >= 0.6 is 11.3 Å². The first-order valence-electron chi connectivity index (χ1n) is 7.71. The van der Waals surface area contributed by atoms with Crippen molar-refractivity contribution in [2.24, 2.45) is 0 Å². The minimum atomic E-state index is 0.0858. The number of rotatable bonds is 5. The number of hydrogen-bond acceptors (Lipinski definition) is 4. The Kier molecular flexibility index (Phi) is 4.90. The van der Waals surface area contributed by atoms with Crippen molar-refractivity contribution < 1.29 is 4.79 Å². The molecule has 22 heavy (non-hydrogen) atoms. The zero-order chi connectivity index (χ0) is 15.4. The van der Waals surface area contributed by atoms with E-state index in [2.05, 4.69) is 21.9 Å². The molecule has 1 amide bonds. The van der Waals surface area contributed by atoms with Gasteiger partial charge in [-0.2, -0.15) is 16.4 Å². The molecule has 1 unspecified atom stereocenters. The molecule has 0 saturated carbocycles. The van der Waals surface area contributed by atoms with E-state index in [4.69, 9.17) is 0 Å². The van der Waals surface area contributed by atoms with Gasteiger partial charge in [-0.05, 0) is 47.8 Å². The van der Waals surface area contributed by atoms with Gasteiger partial charge in [0.15, 0.2) is 0 Å². The van der Waals surface area contributed by atoms with Gasteiger partial charge in [0, 0.05) is 32.3 Å². The predicted molar refractivity (Wildman–Crippen MR) is 87.9 cm³/mol. The van der Waals surface area contributed by atoms with E-state index in [0.717, 1.165) is 18.8 Å². The predicted octanol–water partition coefficient (Wildman–Crippen LogP) is 2.07. The maximum atomic E-state index is 12.3. The van der Waals surface area contributed by atoms with Gasteiger partial charge < -0.3 is 10.2 Å². The molecule has 3 heterocycles. The molecule has 0 bridgehead atoms. The Morgan fingerprint density at radius 3 is 3.18 bits per heavy atom. The van der Waals surface area contributed by atoms with Gasteiger partial charge in [-0.3, -0.25) is 9.48 Å². The maximum Gasteiger partial charge on any atom is 0.244 e. The zero-order valence-electron chi connectivity index (χ0n) is 12.9. The summed E-state index contributed by atoms with van der Waals surface area (Å²) in [5.41, 5.74) is 2.27. The zero-order valence-corrected chi connectivity index (χ0v) is 13.7. The van der Waals surface area contributed by atoms with Gasteiger partial charge in [0.25, 0.3) is 0 Å². The molecule has 1 atom stereocenters. The second-order valence-corrected chi connectivity index (χ2v) is 6.64. The fourth-order valence-corrected chi connectivity index (χ4v) is 3.45. The van der Waals surface area contributed by atoms with E-state index in [9.17, 15) is 4.79 Å². The quantitative estimate of drug-likeness (QED) is 0.918. The molecule has 2 aromatic rings. The largest absolute Gasteiger partial charge is 0.340 e. The molecule has 1 N–H and O–H groups in total. The summed E-state index contributed by atoms with van der Waals surface area (Å²) in [6.07, 6.45) is 4.29. The van der Waals surface area contributed by atoms with E-state index in [0.29, 0.717) is 19.0 Å². The fraction of sp³-hybridized carbons (Fsp3) is 0.500. The summed E-state index contributed by atoms with van der Waals surface area (Å²) in [5.74, 6) is 0.566. The molecule has 5 nitrogen and oxygen atoms in total. The molecule has 1 aliphatic rings. The molecule has 0 radical (unpaired) electrons. The number of amides is 1.